The van der Waals surface area contributed by atoms with E-state index in [-0.39, 0.29) is 12.3 Å². The first-order chi connectivity index (χ1) is 11.5. The van der Waals surface area contributed by atoms with Crippen LogP contribution >= 0.6 is 0 Å². The molecule has 0 heterocycles. The van der Waals surface area contributed by atoms with Crippen molar-refractivity contribution in [2.24, 2.45) is 0 Å². The van der Waals surface area contributed by atoms with Crippen LogP contribution in [0, 0.1) is 0 Å². The highest BCUT2D eigenvalue weighted by Gasteiger charge is 2.40. The van der Waals surface area contributed by atoms with Crippen molar-refractivity contribution in [1.29, 1.82) is 0 Å². The Kier molecular flexibility index (Phi) is 9.71. The molecule has 0 saturated heterocycles. The van der Waals surface area contributed by atoms with E-state index in [1.54, 1.807) is 0 Å². The molecular formula is C16H29NO5SSi. The Morgan fingerprint density at radius 2 is 1.50 bits per heavy atom. The number of rotatable bonds is 13. The SMILES string of the molecule is CCO[Si](CCNS(=O)(=O)CCc1ccccc1)(OCC)OCC. The van der Waals surface area contributed by atoms with E-state index in [2.05, 4.69) is 4.72 Å². The van der Waals surface area contributed by atoms with Crippen LogP contribution in [-0.4, -0.2) is 49.3 Å². The largest absolute Gasteiger partial charge is 0.502 e. The molecule has 1 aromatic rings. The van der Waals surface area contributed by atoms with Crippen LogP contribution in [0.1, 0.15) is 26.3 Å². The summed E-state index contributed by atoms with van der Waals surface area (Å²) < 4.78 is 44.1. The summed E-state index contributed by atoms with van der Waals surface area (Å²) in [5.74, 6) is 0.0590. The van der Waals surface area contributed by atoms with Crippen LogP contribution in [0.25, 0.3) is 0 Å². The van der Waals surface area contributed by atoms with Gasteiger partial charge in [-0.3, -0.25) is 0 Å². The summed E-state index contributed by atoms with van der Waals surface area (Å²) in [4.78, 5) is 0. The molecule has 0 radical (unpaired) electrons. The Bertz CT molecular complexity index is 536. The molecule has 0 spiro atoms. The van der Waals surface area contributed by atoms with Crippen molar-refractivity contribution in [1.82, 2.24) is 4.72 Å². The van der Waals surface area contributed by atoms with Gasteiger partial charge in [-0.2, -0.15) is 0 Å². The molecule has 0 atom stereocenters. The molecule has 0 aromatic heterocycles. The zero-order valence-corrected chi connectivity index (χ0v) is 16.6. The summed E-state index contributed by atoms with van der Waals surface area (Å²) in [6.07, 6.45) is 0.487. The Hall–Kier alpha value is -0.773. The van der Waals surface area contributed by atoms with Crippen LogP contribution in [0.5, 0.6) is 0 Å². The lowest BCUT2D eigenvalue weighted by Gasteiger charge is -2.28. The van der Waals surface area contributed by atoms with Crippen molar-refractivity contribution in [2.75, 3.05) is 32.1 Å². The number of nitrogens with one attached hydrogen (secondary N) is 1. The molecule has 8 heteroatoms. The highest BCUT2D eigenvalue weighted by atomic mass is 32.2. The molecule has 1 rings (SSSR count). The Balaban J connectivity index is 2.52. The van der Waals surface area contributed by atoms with Gasteiger partial charge in [-0.15, -0.1) is 0 Å². The second-order valence-electron chi connectivity index (χ2n) is 5.18. The molecule has 24 heavy (non-hydrogen) atoms. The topological polar surface area (TPSA) is 73.9 Å². The van der Waals surface area contributed by atoms with E-state index in [0.717, 1.165) is 5.56 Å². The van der Waals surface area contributed by atoms with Crippen LogP contribution < -0.4 is 4.72 Å². The van der Waals surface area contributed by atoms with E-state index in [9.17, 15) is 8.42 Å². The average Bonchev–Trinajstić information content (AvgIpc) is 2.55. The summed E-state index contributed by atoms with van der Waals surface area (Å²) in [5, 5.41) is 0. The first kappa shape index (κ1) is 21.3. The van der Waals surface area contributed by atoms with E-state index >= 15 is 0 Å². The van der Waals surface area contributed by atoms with E-state index in [0.29, 0.717) is 32.3 Å². The van der Waals surface area contributed by atoms with Crippen LogP contribution in [0.15, 0.2) is 30.3 Å². The normalized spacial score (nSPS) is 12.5. The Morgan fingerprint density at radius 3 is 2.00 bits per heavy atom. The number of hydrogen-bond donors (Lipinski definition) is 1. The third-order valence-electron chi connectivity index (χ3n) is 3.35. The van der Waals surface area contributed by atoms with E-state index < -0.39 is 18.8 Å². The molecule has 0 amide bonds. The van der Waals surface area contributed by atoms with Crippen molar-refractivity contribution < 1.29 is 21.7 Å². The molecule has 0 aliphatic rings. The molecule has 0 bridgehead atoms. The molecule has 0 fully saturated rings. The van der Waals surface area contributed by atoms with Gasteiger partial charge in [-0.1, -0.05) is 30.3 Å². The third kappa shape index (κ3) is 7.87. The van der Waals surface area contributed by atoms with Crippen molar-refractivity contribution >= 4 is 18.8 Å². The Morgan fingerprint density at radius 1 is 0.958 bits per heavy atom. The Labute approximate surface area is 146 Å². The van der Waals surface area contributed by atoms with Crippen LogP contribution in [-0.2, 0) is 29.7 Å². The molecule has 0 saturated carbocycles. The zero-order chi connectivity index (χ0) is 17.9. The predicted octanol–water partition coefficient (Wildman–Crippen LogP) is 2.20. The summed E-state index contributed by atoms with van der Waals surface area (Å²) >= 11 is 0. The first-order valence-electron chi connectivity index (χ1n) is 8.40. The number of benzene rings is 1. The number of aryl methyl sites for hydroxylation is 1. The van der Waals surface area contributed by atoms with Gasteiger partial charge in [0.15, 0.2) is 0 Å². The van der Waals surface area contributed by atoms with Gasteiger partial charge in [0, 0.05) is 32.4 Å². The smallest absolute Gasteiger partial charge is 0.374 e. The van der Waals surface area contributed by atoms with Gasteiger partial charge in [0.2, 0.25) is 10.0 Å². The van der Waals surface area contributed by atoms with Crippen molar-refractivity contribution in [2.45, 2.75) is 33.2 Å². The quantitative estimate of drug-likeness (QED) is 0.535. The van der Waals surface area contributed by atoms with Crippen molar-refractivity contribution in [3.63, 3.8) is 0 Å². The minimum atomic E-state index is -3.34. The van der Waals surface area contributed by atoms with Crippen LogP contribution in [0.3, 0.4) is 0 Å². The monoisotopic (exact) mass is 375 g/mol. The van der Waals surface area contributed by atoms with Crippen molar-refractivity contribution in [3.8, 4) is 0 Å². The second-order valence-corrected chi connectivity index (χ2v) is 9.84. The van der Waals surface area contributed by atoms with E-state index in [1.165, 1.54) is 0 Å². The highest BCUT2D eigenvalue weighted by Crippen LogP contribution is 2.15. The lowest BCUT2D eigenvalue weighted by atomic mass is 10.2. The van der Waals surface area contributed by atoms with Gasteiger partial charge in [0.05, 0.1) is 5.75 Å². The summed E-state index contributed by atoms with van der Waals surface area (Å²) in [5.41, 5.74) is 1.00. The van der Waals surface area contributed by atoms with Gasteiger partial charge >= 0.3 is 8.80 Å². The first-order valence-corrected chi connectivity index (χ1v) is 12.0. The van der Waals surface area contributed by atoms with Gasteiger partial charge in [0.1, 0.15) is 0 Å². The number of hydrogen-bond acceptors (Lipinski definition) is 5. The zero-order valence-electron chi connectivity index (χ0n) is 14.8. The van der Waals surface area contributed by atoms with Gasteiger partial charge < -0.3 is 13.3 Å². The maximum Gasteiger partial charge on any atom is 0.502 e. The molecule has 0 unspecified atom stereocenters. The maximum absolute atomic E-state index is 12.1. The van der Waals surface area contributed by atoms with Gasteiger partial charge in [0.25, 0.3) is 0 Å². The summed E-state index contributed by atoms with van der Waals surface area (Å²) in [6.45, 7) is 7.33. The minimum absolute atomic E-state index is 0.0590. The van der Waals surface area contributed by atoms with E-state index in [1.807, 2.05) is 51.1 Å². The highest BCUT2D eigenvalue weighted by molar-refractivity contribution is 7.89. The predicted molar refractivity (Wildman–Crippen MR) is 97.4 cm³/mol. The summed E-state index contributed by atoms with van der Waals surface area (Å²) in [7, 11) is -6.15. The van der Waals surface area contributed by atoms with Crippen LogP contribution in [0.4, 0.5) is 0 Å². The molecule has 138 valence electrons. The maximum atomic E-state index is 12.1. The van der Waals surface area contributed by atoms with E-state index in [4.69, 9.17) is 13.3 Å². The lowest BCUT2D eigenvalue weighted by molar-refractivity contribution is 0.0717. The molecule has 1 N–H and O–H groups in total. The molecule has 1 aromatic carbocycles. The second kappa shape index (κ2) is 11.0. The van der Waals surface area contributed by atoms with Crippen molar-refractivity contribution in [3.05, 3.63) is 35.9 Å². The fourth-order valence-corrected chi connectivity index (χ4v) is 6.01. The molecule has 6 nitrogen and oxygen atoms in total. The molecule has 0 aliphatic carbocycles. The third-order valence-corrected chi connectivity index (χ3v) is 7.78. The van der Waals surface area contributed by atoms with Gasteiger partial charge in [-0.05, 0) is 32.8 Å². The average molecular weight is 376 g/mol. The fourth-order valence-electron chi connectivity index (χ4n) is 2.33. The van der Waals surface area contributed by atoms with Crippen LogP contribution in [0.2, 0.25) is 6.04 Å². The fraction of sp³-hybridized carbons (Fsp3) is 0.625. The molecular weight excluding hydrogens is 346 g/mol. The van der Waals surface area contributed by atoms with Gasteiger partial charge in [-0.25, -0.2) is 13.1 Å². The number of sulfonamides is 1. The minimum Gasteiger partial charge on any atom is -0.374 e. The lowest BCUT2D eigenvalue weighted by Crippen LogP contribution is -2.48. The standard InChI is InChI=1S/C16H29NO5SSi/c1-4-20-24(21-5-2,22-6-3)15-13-17-23(18,19)14-12-16-10-8-7-9-11-16/h7-11,17H,4-6,12-15H2,1-3H3. The molecule has 0 aliphatic heterocycles. The summed E-state index contributed by atoms with van der Waals surface area (Å²) in [6, 6.07) is 9.99.